The highest BCUT2D eigenvalue weighted by atomic mass is 16.2. The molecule has 2 aromatic rings. The van der Waals surface area contributed by atoms with E-state index in [1.807, 2.05) is 6.92 Å². The number of nitrogens with one attached hydrogen (secondary N) is 2. The van der Waals surface area contributed by atoms with E-state index in [-0.39, 0.29) is 11.0 Å². The van der Waals surface area contributed by atoms with Gasteiger partial charge in [-0.2, -0.15) is 0 Å². The van der Waals surface area contributed by atoms with Crippen molar-refractivity contribution in [1.82, 2.24) is 9.97 Å². The number of anilines is 1. The molecule has 18 heavy (non-hydrogen) atoms. The highest BCUT2D eigenvalue weighted by Gasteiger charge is 2.10. The van der Waals surface area contributed by atoms with E-state index in [9.17, 15) is 9.59 Å². The van der Waals surface area contributed by atoms with Gasteiger partial charge in [0.25, 0.3) is 5.91 Å². The molecule has 0 bridgehead atoms. The Balaban J connectivity index is 2.25. The lowest BCUT2D eigenvalue weighted by Gasteiger charge is -2.05. The van der Waals surface area contributed by atoms with Crippen molar-refractivity contribution in [3.8, 4) is 0 Å². The molecule has 0 unspecified atom stereocenters. The summed E-state index contributed by atoms with van der Waals surface area (Å²) in [5, 5.41) is 2.64. The molecule has 0 saturated carbocycles. The van der Waals surface area contributed by atoms with Crippen LogP contribution in [0.25, 0.3) is 0 Å². The van der Waals surface area contributed by atoms with Crippen LogP contribution in [0.1, 0.15) is 21.6 Å². The second-order valence-corrected chi connectivity index (χ2v) is 4.10. The molecule has 0 saturated heterocycles. The number of aromatic nitrogens is 2. The maximum Gasteiger partial charge on any atom is 0.261 e. The summed E-state index contributed by atoms with van der Waals surface area (Å²) in [5.41, 5.74) is 2.01. The fourth-order valence-corrected chi connectivity index (χ4v) is 1.57. The number of aryl methyl sites for hydroxylation is 2. The number of H-pyrrole nitrogens is 1. The molecule has 0 radical (unpaired) electrons. The van der Waals surface area contributed by atoms with Gasteiger partial charge in [0, 0.05) is 24.2 Å². The summed E-state index contributed by atoms with van der Waals surface area (Å²) < 4.78 is 0. The van der Waals surface area contributed by atoms with Crippen molar-refractivity contribution in [2.24, 2.45) is 0 Å². The van der Waals surface area contributed by atoms with Gasteiger partial charge in [-0.3, -0.25) is 14.6 Å². The van der Waals surface area contributed by atoms with Crippen LogP contribution in [0.4, 0.5) is 5.69 Å². The Kier molecular flexibility index (Phi) is 3.23. The molecule has 2 rings (SSSR count). The van der Waals surface area contributed by atoms with Gasteiger partial charge in [0.15, 0.2) is 5.43 Å². The van der Waals surface area contributed by atoms with E-state index in [2.05, 4.69) is 15.3 Å². The van der Waals surface area contributed by atoms with E-state index >= 15 is 0 Å². The quantitative estimate of drug-likeness (QED) is 0.842. The maximum absolute atomic E-state index is 11.9. The summed E-state index contributed by atoms with van der Waals surface area (Å²) in [4.78, 5) is 30.3. The van der Waals surface area contributed by atoms with Gasteiger partial charge in [0.2, 0.25) is 0 Å². The number of hydrogen-bond donors (Lipinski definition) is 2. The first kappa shape index (κ1) is 12.0. The molecule has 0 aliphatic rings. The lowest BCUT2D eigenvalue weighted by Crippen LogP contribution is -2.21. The van der Waals surface area contributed by atoms with Crippen LogP contribution >= 0.6 is 0 Å². The summed E-state index contributed by atoms with van der Waals surface area (Å²) in [6.07, 6.45) is 4.64. The monoisotopic (exact) mass is 243 g/mol. The Bertz CT molecular complexity index is 647. The number of amides is 1. The van der Waals surface area contributed by atoms with Crippen LogP contribution in [0.5, 0.6) is 0 Å². The minimum absolute atomic E-state index is 0.0853. The van der Waals surface area contributed by atoms with E-state index in [0.29, 0.717) is 11.4 Å². The Hall–Kier alpha value is -2.43. The largest absolute Gasteiger partial charge is 0.364 e. The first-order valence-electron chi connectivity index (χ1n) is 5.48. The van der Waals surface area contributed by atoms with Crippen molar-refractivity contribution in [2.75, 3.05) is 5.32 Å². The average molecular weight is 243 g/mol. The zero-order chi connectivity index (χ0) is 13.1. The predicted molar refractivity (Wildman–Crippen MR) is 68.7 cm³/mol. The molecule has 2 N–H and O–H groups in total. The van der Waals surface area contributed by atoms with Crippen molar-refractivity contribution in [1.29, 1.82) is 0 Å². The second-order valence-electron chi connectivity index (χ2n) is 4.10. The van der Waals surface area contributed by atoms with Crippen LogP contribution in [0.2, 0.25) is 0 Å². The Morgan fingerprint density at radius 2 is 2.06 bits per heavy atom. The van der Waals surface area contributed by atoms with Crippen LogP contribution in [0.3, 0.4) is 0 Å². The van der Waals surface area contributed by atoms with Crippen molar-refractivity contribution >= 4 is 11.6 Å². The van der Waals surface area contributed by atoms with E-state index in [1.54, 1.807) is 19.2 Å². The molecule has 0 aliphatic carbocycles. The Morgan fingerprint density at radius 3 is 2.72 bits per heavy atom. The summed E-state index contributed by atoms with van der Waals surface area (Å²) in [6, 6.07) is 3.18. The summed E-state index contributed by atoms with van der Waals surface area (Å²) in [6.45, 7) is 3.63. The van der Waals surface area contributed by atoms with E-state index in [1.165, 1.54) is 18.5 Å². The smallest absolute Gasteiger partial charge is 0.261 e. The highest BCUT2D eigenvalue weighted by molar-refractivity contribution is 6.03. The number of pyridine rings is 2. The van der Waals surface area contributed by atoms with Crippen molar-refractivity contribution < 1.29 is 4.79 Å². The SMILES string of the molecule is Cc1cncc(NC(=O)c2c[nH]c(C)cc2=O)c1. The lowest BCUT2D eigenvalue weighted by atomic mass is 10.2. The number of hydrogen-bond acceptors (Lipinski definition) is 3. The molecule has 5 nitrogen and oxygen atoms in total. The van der Waals surface area contributed by atoms with Crippen molar-refractivity contribution in [2.45, 2.75) is 13.8 Å². The molecule has 0 aliphatic heterocycles. The molecule has 2 aromatic heterocycles. The summed E-state index contributed by atoms with van der Waals surface area (Å²) in [7, 11) is 0. The van der Waals surface area contributed by atoms with Gasteiger partial charge in [0.1, 0.15) is 5.56 Å². The van der Waals surface area contributed by atoms with Crippen LogP contribution in [-0.4, -0.2) is 15.9 Å². The normalized spacial score (nSPS) is 10.1. The molecule has 2 heterocycles. The van der Waals surface area contributed by atoms with E-state index in [4.69, 9.17) is 0 Å². The van der Waals surface area contributed by atoms with E-state index < -0.39 is 5.91 Å². The predicted octanol–water partition coefficient (Wildman–Crippen LogP) is 1.64. The molecular formula is C13H13N3O2. The number of nitrogens with zero attached hydrogens (tertiary/aromatic N) is 1. The fraction of sp³-hybridized carbons (Fsp3) is 0.154. The van der Waals surface area contributed by atoms with Gasteiger partial charge < -0.3 is 10.3 Å². The van der Waals surface area contributed by atoms with E-state index in [0.717, 1.165) is 5.56 Å². The number of rotatable bonds is 2. The third kappa shape index (κ3) is 2.63. The van der Waals surface area contributed by atoms with Crippen LogP contribution in [0, 0.1) is 13.8 Å². The lowest BCUT2D eigenvalue weighted by molar-refractivity contribution is 0.102. The molecule has 5 heteroatoms. The van der Waals surface area contributed by atoms with Crippen LogP contribution in [-0.2, 0) is 0 Å². The van der Waals surface area contributed by atoms with Gasteiger partial charge in [0.05, 0.1) is 11.9 Å². The molecule has 1 amide bonds. The first-order chi connectivity index (χ1) is 8.56. The summed E-state index contributed by atoms with van der Waals surface area (Å²) in [5.74, 6) is -0.441. The zero-order valence-electron chi connectivity index (χ0n) is 10.2. The molecule has 0 fully saturated rings. The van der Waals surface area contributed by atoms with Gasteiger partial charge in [-0.25, -0.2) is 0 Å². The standard InChI is InChI=1S/C13H13N3O2/c1-8-3-10(6-14-5-8)16-13(18)11-7-15-9(2)4-12(11)17/h3-7H,1-2H3,(H,15,17)(H,16,18). The topological polar surface area (TPSA) is 74.8 Å². The zero-order valence-corrected chi connectivity index (χ0v) is 10.2. The van der Waals surface area contributed by atoms with Gasteiger partial charge in [-0.15, -0.1) is 0 Å². The van der Waals surface area contributed by atoms with Crippen molar-refractivity contribution in [3.05, 3.63) is 57.8 Å². The average Bonchev–Trinajstić information content (AvgIpc) is 2.28. The van der Waals surface area contributed by atoms with Gasteiger partial charge >= 0.3 is 0 Å². The third-order valence-electron chi connectivity index (χ3n) is 2.43. The third-order valence-corrected chi connectivity index (χ3v) is 2.43. The second kappa shape index (κ2) is 4.83. The Labute approximate surface area is 104 Å². The van der Waals surface area contributed by atoms with Crippen LogP contribution in [0.15, 0.2) is 35.5 Å². The molecule has 0 aromatic carbocycles. The van der Waals surface area contributed by atoms with Crippen molar-refractivity contribution in [3.63, 3.8) is 0 Å². The molecule has 0 spiro atoms. The highest BCUT2D eigenvalue weighted by Crippen LogP contribution is 2.08. The van der Waals surface area contributed by atoms with Crippen LogP contribution < -0.4 is 10.7 Å². The number of carbonyl (C=O) groups is 1. The minimum Gasteiger partial charge on any atom is -0.364 e. The van der Waals surface area contributed by atoms with Gasteiger partial charge in [-0.1, -0.05) is 0 Å². The number of aromatic amines is 1. The first-order valence-corrected chi connectivity index (χ1v) is 5.48. The molecular weight excluding hydrogens is 230 g/mol. The minimum atomic E-state index is -0.441. The molecule has 92 valence electrons. The number of carbonyl (C=O) groups excluding carboxylic acids is 1. The maximum atomic E-state index is 11.9. The Morgan fingerprint density at radius 1 is 1.28 bits per heavy atom. The molecule has 0 atom stereocenters. The fourth-order valence-electron chi connectivity index (χ4n) is 1.57. The summed E-state index contributed by atoms with van der Waals surface area (Å²) >= 11 is 0. The van der Waals surface area contributed by atoms with Gasteiger partial charge in [-0.05, 0) is 25.5 Å².